The molecule has 7 nitrogen and oxygen atoms in total. The van der Waals surface area contributed by atoms with Gasteiger partial charge < -0.3 is 25.2 Å². The Morgan fingerprint density at radius 3 is 2.08 bits per heavy atom. The molecule has 0 radical (unpaired) electrons. The molecule has 0 aliphatic carbocycles. The Labute approximate surface area is 72.2 Å². The summed E-state index contributed by atoms with van der Waals surface area (Å²) in [6, 6.07) is 0. The van der Waals surface area contributed by atoms with Crippen LogP contribution in [0.5, 0.6) is 0 Å². The Balaban J connectivity index is 2.47. The number of aliphatic hydroxyl groups excluding tert-OH is 2. The summed E-state index contributed by atoms with van der Waals surface area (Å²) < 4.78 is 4.44. The van der Waals surface area contributed by atoms with Crippen LogP contribution in [0.3, 0.4) is 0 Å². The average molecular weight is 192 g/mol. The molecule has 7 heteroatoms. The van der Waals surface area contributed by atoms with E-state index in [-0.39, 0.29) is 0 Å². The smallest absolute Gasteiger partial charge is 0.335 e. The van der Waals surface area contributed by atoms with Gasteiger partial charge in [-0.1, -0.05) is 0 Å². The molecule has 0 aromatic carbocycles. The first-order valence-electron chi connectivity index (χ1n) is 3.42. The molecule has 0 aromatic rings. The van der Waals surface area contributed by atoms with Gasteiger partial charge in [0.2, 0.25) is 0 Å². The normalized spacial score (nSPS) is 30.6. The van der Waals surface area contributed by atoms with Gasteiger partial charge >= 0.3 is 11.9 Å². The molecule has 1 rings (SSSR count). The number of carboxylic acid groups (broad SMARTS) is 2. The first-order valence-corrected chi connectivity index (χ1v) is 3.42. The Morgan fingerprint density at radius 2 is 1.77 bits per heavy atom. The lowest BCUT2D eigenvalue weighted by molar-refractivity contribution is -0.153. The molecule has 4 N–H and O–H groups in total. The lowest BCUT2D eigenvalue weighted by Gasteiger charge is -2.10. The molecule has 0 saturated carbocycles. The quantitative estimate of drug-likeness (QED) is 0.367. The molecule has 0 aromatic heterocycles. The van der Waals surface area contributed by atoms with E-state index in [1.807, 2.05) is 0 Å². The van der Waals surface area contributed by atoms with Gasteiger partial charge in [0.15, 0.2) is 12.2 Å². The zero-order valence-corrected chi connectivity index (χ0v) is 6.32. The van der Waals surface area contributed by atoms with Crippen LogP contribution in [0.1, 0.15) is 0 Å². The minimum Gasteiger partial charge on any atom is -0.479 e. The molecule has 4 unspecified atom stereocenters. The fraction of sp³-hybridized carbons (Fsp3) is 0.667. The van der Waals surface area contributed by atoms with Crippen molar-refractivity contribution in [2.24, 2.45) is 0 Å². The summed E-state index contributed by atoms with van der Waals surface area (Å²) in [4.78, 5) is 20.3. The number of carbonyl (C=O) groups is 2. The van der Waals surface area contributed by atoms with Crippen molar-refractivity contribution in [1.29, 1.82) is 0 Å². The van der Waals surface area contributed by atoms with E-state index in [2.05, 4.69) is 4.74 Å². The maximum Gasteiger partial charge on any atom is 0.335 e. The van der Waals surface area contributed by atoms with Crippen LogP contribution in [-0.2, 0) is 14.3 Å². The number of hydrogen-bond acceptors (Lipinski definition) is 5. The van der Waals surface area contributed by atoms with Crippen LogP contribution in [0, 0.1) is 0 Å². The number of aliphatic hydroxyl groups is 2. The van der Waals surface area contributed by atoms with Gasteiger partial charge in [-0.15, -0.1) is 0 Å². The van der Waals surface area contributed by atoms with E-state index < -0.39 is 36.4 Å². The zero-order valence-electron chi connectivity index (χ0n) is 6.32. The monoisotopic (exact) mass is 192 g/mol. The van der Waals surface area contributed by atoms with E-state index in [0.717, 1.165) is 0 Å². The third-order valence-corrected chi connectivity index (χ3v) is 1.68. The molecule has 1 aliphatic rings. The molecule has 0 bridgehead atoms. The predicted molar refractivity (Wildman–Crippen MR) is 35.9 cm³/mol. The van der Waals surface area contributed by atoms with Crippen molar-refractivity contribution in [3.8, 4) is 0 Å². The lowest BCUT2D eigenvalue weighted by Crippen LogP contribution is -2.38. The second-order valence-electron chi connectivity index (χ2n) is 2.63. The molecule has 74 valence electrons. The number of aliphatic carboxylic acids is 2. The highest BCUT2D eigenvalue weighted by Crippen LogP contribution is 2.27. The maximum atomic E-state index is 10.2. The molecule has 1 heterocycles. The summed E-state index contributed by atoms with van der Waals surface area (Å²) in [5, 5.41) is 34.4. The van der Waals surface area contributed by atoms with Crippen molar-refractivity contribution in [3.63, 3.8) is 0 Å². The number of rotatable bonds is 4. The summed E-state index contributed by atoms with van der Waals surface area (Å²) in [6.45, 7) is 0. The largest absolute Gasteiger partial charge is 0.479 e. The Bertz CT molecular complexity index is 237. The molecule has 0 amide bonds. The third-order valence-electron chi connectivity index (χ3n) is 1.68. The van der Waals surface area contributed by atoms with E-state index in [1.165, 1.54) is 0 Å². The van der Waals surface area contributed by atoms with E-state index >= 15 is 0 Å². The first-order chi connectivity index (χ1) is 5.95. The van der Waals surface area contributed by atoms with E-state index in [4.69, 9.17) is 20.4 Å². The van der Waals surface area contributed by atoms with Gasteiger partial charge in [0.25, 0.3) is 0 Å². The standard InChI is InChI=1S/C6H8O7/c7-1(2(8)5(9)10)3-4(13-3)6(11)12/h1-4,7-8H,(H,9,10)(H,11,12). The van der Waals surface area contributed by atoms with E-state index in [9.17, 15) is 9.59 Å². The molecule has 1 saturated heterocycles. The van der Waals surface area contributed by atoms with Crippen LogP contribution in [-0.4, -0.2) is 56.8 Å². The number of ether oxygens (including phenoxy) is 1. The van der Waals surface area contributed by atoms with Crippen molar-refractivity contribution in [2.75, 3.05) is 0 Å². The molecule has 4 atom stereocenters. The molecular weight excluding hydrogens is 184 g/mol. The van der Waals surface area contributed by atoms with Crippen molar-refractivity contribution >= 4 is 11.9 Å². The van der Waals surface area contributed by atoms with Gasteiger partial charge in [0.05, 0.1) is 0 Å². The number of epoxide rings is 1. The lowest BCUT2D eigenvalue weighted by atomic mass is 10.1. The van der Waals surface area contributed by atoms with Crippen LogP contribution in [0.2, 0.25) is 0 Å². The van der Waals surface area contributed by atoms with Crippen LogP contribution < -0.4 is 0 Å². The average Bonchev–Trinajstić information content (AvgIpc) is 2.80. The Morgan fingerprint density at radius 1 is 1.23 bits per heavy atom. The number of hydrogen-bond donors (Lipinski definition) is 4. The highest BCUT2D eigenvalue weighted by atomic mass is 16.6. The fourth-order valence-corrected chi connectivity index (χ4v) is 0.908. The summed E-state index contributed by atoms with van der Waals surface area (Å²) in [5.41, 5.74) is 0. The van der Waals surface area contributed by atoms with Crippen molar-refractivity contribution in [3.05, 3.63) is 0 Å². The van der Waals surface area contributed by atoms with Crippen LogP contribution >= 0.6 is 0 Å². The van der Waals surface area contributed by atoms with Gasteiger partial charge in [0.1, 0.15) is 12.2 Å². The minimum atomic E-state index is -2.02. The Kier molecular flexibility index (Phi) is 2.50. The summed E-state index contributed by atoms with van der Waals surface area (Å²) >= 11 is 0. The fourth-order valence-electron chi connectivity index (χ4n) is 0.908. The second kappa shape index (κ2) is 3.29. The van der Waals surface area contributed by atoms with Crippen molar-refractivity contribution < 1.29 is 34.8 Å². The molecular formula is C6H8O7. The van der Waals surface area contributed by atoms with Gasteiger partial charge in [0, 0.05) is 0 Å². The molecule has 1 aliphatic heterocycles. The Hall–Kier alpha value is -1.18. The molecule has 13 heavy (non-hydrogen) atoms. The number of carboxylic acids is 2. The highest BCUT2D eigenvalue weighted by molar-refractivity contribution is 5.77. The topological polar surface area (TPSA) is 128 Å². The second-order valence-corrected chi connectivity index (χ2v) is 2.63. The first kappa shape index (κ1) is 9.90. The van der Waals surface area contributed by atoms with Crippen molar-refractivity contribution in [2.45, 2.75) is 24.4 Å². The van der Waals surface area contributed by atoms with E-state index in [1.54, 1.807) is 0 Å². The summed E-state index contributed by atoms with van der Waals surface area (Å²) in [6.07, 6.45) is -6.08. The van der Waals surface area contributed by atoms with Gasteiger partial charge in [-0.05, 0) is 0 Å². The van der Waals surface area contributed by atoms with Crippen LogP contribution in [0.4, 0.5) is 0 Å². The molecule has 1 fully saturated rings. The summed E-state index contributed by atoms with van der Waals surface area (Å²) in [7, 11) is 0. The minimum absolute atomic E-state index is 1.14. The highest BCUT2D eigenvalue weighted by Gasteiger charge is 2.53. The molecule has 0 spiro atoms. The SMILES string of the molecule is O=C(O)C(O)C(O)C1OC1C(=O)O. The van der Waals surface area contributed by atoms with Gasteiger partial charge in [-0.2, -0.15) is 0 Å². The maximum absolute atomic E-state index is 10.2. The third kappa shape index (κ3) is 1.94. The van der Waals surface area contributed by atoms with Gasteiger partial charge in [-0.3, -0.25) is 0 Å². The van der Waals surface area contributed by atoms with Crippen LogP contribution in [0.15, 0.2) is 0 Å². The zero-order chi connectivity index (χ0) is 10.2. The van der Waals surface area contributed by atoms with Gasteiger partial charge in [-0.25, -0.2) is 9.59 Å². The summed E-state index contributed by atoms with van der Waals surface area (Å²) in [5.74, 6) is -2.91. The van der Waals surface area contributed by atoms with E-state index in [0.29, 0.717) is 0 Å². The van der Waals surface area contributed by atoms with Crippen molar-refractivity contribution in [1.82, 2.24) is 0 Å². The predicted octanol–water partition coefficient (Wildman–Crippen LogP) is -2.36. The van der Waals surface area contributed by atoms with Crippen LogP contribution in [0.25, 0.3) is 0 Å².